The van der Waals surface area contributed by atoms with Gasteiger partial charge < -0.3 is 9.47 Å². The number of carbonyl (C=O) groups is 4. The maximum Gasteiger partial charge on any atom is 0.308 e. The molecule has 8 nitrogen and oxygen atoms in total. The summed E-state index contributed by atoms with van der Waals surface area (Å²) in [7, 11) is 0. The minimum absolute atomic E-state index is 0.0976. The Hall–Kier alpha value is -3.46. The van der Waals surface area contributed by atoms with Crippen molar-refractivity contribution >= 4 is 40.7 Å². The number of nitrogens with zero attached hydrogens (tertiary/aromatic N) is 2. The van der Waals surface area contributed by atoms with E-state index in [-0.39, 0.29) is 27.8 Å². The Bertz CT molecular complexity index is 1050. The van der Waals surface area contributed by atoms with Crippen molar-refractivity contribution in [3.63, 3.8) is 0 Å². The zero-order chi connectivity index (χ0) is 23.7. The maximum atomic E-state index is 13.0. The van der Waals surface area contributed by atoms with Crippen LogP contribution in [0.25, 0.3) is 0 Å². The van der Waals surface area contributed by atoms with E-state index in [0.29, 0.717) is 12.3 Å². The molecule has 0 radical (unpaired) electrons. The van der Waals surface area contributed by atoms with Crippen LogP contribution in [0.4, 0.5) is 0 Å². The largest absolute Gasteiger partial charge is 0.426 e. The van der Waals surface area contributed by atoms with Crippen LogP contribution >= 0.6 is 11.8 Å². The number of esters is 2. The van der Waals surface area contributed by atoms with Crippen molar-refractivity contribution in [3.05, 3.63) is 59.7 Å². The zero-order valence-electron chi connectivity index (χ0n) is 18.3. The molecule has 2 aromatic rings. The van der Waals surface area contributed by atoms with Gasteiger partial charge in [-0.25, -0.2) is 0 Å². The minimum atomic E-state index is -0.637. The summed E-state index contributed by atoms with van der Waals surface area (Å²) >= 11 is 1.25. The SMILES string of the molecule is CC.CC(=O)Oc1ccccc1C(=O)N=C1SCCN1C(=O)c1ccccc1OC(C)=O. The van der Waals surface area contributed by atoms with Crippen LogP contribution in [0, 0.1) is 0 Å². The topological polar surface area (TPSA) is 102 Å². The minimum Gasteiger partial charge on any atom is -0.426 e. The predicted octanol–water partition coefficient (Wildman–Crippen LogP) is 3.95. The summed E-state index contributed by atoms with van der Waals surface area (Å²) in [6.45, 7) is 6.83. The first-order valence-electron chi connectivity index (χ1n) is 9.99. The predicted molar refractivity (Wildman–Crippen MR) is 122 cm³/mol. The highest BCUT2D eigenvalue weighted by Gasteiger charge is 2.30. The highest BCUT2D eigenvalue weighted by molar-refractivity contribution is 8.14. The lowest BCUT2D eigenvalue weighted by Gasteiger charge is -2.17. The van der Waals surface area contributed by atoms with Crippen LogP contribution in [-0.4, -0.2) is 46.1 Å². The molecular formula is C23H24N2O6S. The van der Waals surface area contributed by atoms with E-state index in [4.69, 9.17) is 9.47 Å². The first kappa shape index (κ1) is 24.8. The van der Waals surface area contributed by atoms with E-state index in [2.05, 4.69) is 4.99 Å². The van der Waals surface area contributed by atoms with Gasteiger partial charge in [0.15, 0.2) is 5.17 Å². The highest BCUT2D eigenvalue weighted by Crippen LogP contribution is 2.27. The molecular weight excluding hydrogens is 432 g/mol. The second kappa shape index (κ2) is 11.8. The number of carbonyl (C=O) groups excluding carboxylic acids is 4. The van der Waals surface area contributed by atoms with Crippen LogP contribution < -0.4 is 9.47 Å². The molecule has 1 heterocycles. The third-order valence-corrected chi connectivity index (χ3v) is 4.92. The van der Waals surface area contributed by atoms with E-state index >= 15 is 0 Å². The number of amidine groups is 1. The molecule has 1 aliphatic heterocycles. The fourth-order valence-electron chi connectivity index (χ4n) is 2.75. The average molecular weight is 457 g/mol. The second-order valence-corrected chi connectivity index (χ2v) is 7.25. The molecule has 0 bridgehead atoms. The van der Waals surface area contributed by atoms with Gasteiger partial charge in [0.05, 0.1) is 11.1 Å². The lowest BCUT2D eigenvalue weighted by Crippen LogP contribution is -2.32. The number of thioether (sulfide) groups is 1. The zero-order valence-corrected chi connectivity index (χ0v) is 19.1. The number of hydrogen-bond donors (Lipinski definition) is 0. The summed E-state index contributed by atoms with van der Waals surface area (Å²) < 4.78 is 10.2. The highest BCUT2D eigenvalue weighted by atomic mass is 32.2. The standard InChI is InChI=1S/C21H18N2O6S.C2H6/c1-13(24)28-17-9-5-3-7-15(17)19(26)22-21-23(11-12-30-21)20(27)16-8-4-6-10-18(16)29-14(2)25;1-2/h3-10H,11-12H2,1-2H3;1-2H3. The molecule has 3 rings (SSSR count). The van der Waals surface area contributed by atoms with Crippen molar-refractivity contribution < 1.29 is 28.7 Å². The first-order chi connectivity index (χ1) is 15.4. The molecule has 0 saturated carbocycles. The molecule has 2 amide bonds. The van der Waals surface area contributed by atoms with Crippen molar-refractivity contribution in [3.8, 4) is 11.5 Å². The molecule has 0 spiro atoms. The molecule has 0 aromatic heterocycles. The Balaban J connectivity index is 0.00000176. The first-order valence-corrected chi connectivity index (χ1v) is 11.0. The molecule has 0 N–H and O–H groups in total. The summed E-state index contributed by atoms with van der Waals surface area (Å²) in [5.41, 5.74) is 0.302. The van der Waals surface area contributed by atoms with E-state index in [1.54, 1.807) is 30.3 Å². The number of benzene rings is 2. The average Bonchev–Trinajstić information content (AvgIpc) is 3.22. The Morgan fingerprint density at radius 3 is 1.91 bits per heavy atom. The van der Waals surface area contributed by atoms with E-state index < -0.39 is 23.8 Å². The molecule has 2 aromatic carbocycles. The summed E-state index contributed by atoms with van der Waals surface area (Å²) in [5, 5.41) is 0.222. The molecule has 32 heavy (non-hydrogen) atoms. The van der Waals surface area contributed by atoms with Gasteiger partial charge in [-0.3, -0.25) is 24.1 Å². The van der Waals surface area contributed by atoms with Crippen LogP contribution in [0.15, 0.2) is 53.5 Å². The fraction of sp³-hybridized carbons (Fsp3) is 0.261. The lowest BCUT2D eigenvalue weighted by atomic mass is 10.1. The van der Waals surface area contributed by atoms with Crippen molar-refractivity contribution in [2.45, 2.75) is 27.7 Å². The van der Waals surface area contributed by atoms with Crippen LogP contribution in [0.1, 0.15) is 48.4 Å². The molecule has 1 saturated heterocycles. The van der Waals surface area contributed by atoms with Gasteiger partial charge in [-0.05, 0) is 24.3 Å². The smallest absolute Gasteiger partial charge is 0.308 e. The molecule has 0 unspecified atom stereocenters. The van der Waals surface area contributed by atoms with Crippen LogP contribution in [0.3, 0.4) is 0 Å². The Labute approximate surface area is 190 Å². The summed E-state index contributed by atoms with van der Waals surface area (Å²) in [5.74, 6) is -1.38. The number of amides is 2. The molecule has 9 heteroatoms. The number of para-hydroxylation sites is 2. The van der Waals surface area contributed by atoms with E-state index in [9.17, 15) is 19.2 Å². The second-order valence-electron chi connectivity index (χ2n) is 6.18. The molecule has 1 aliphatic rings. The summed E-state index contributed by atoms with van der Waals surface area (Å²) in [6.07, 6.45) is 0. The third kappa shape index (κ3) is 6.27. The van der Waals surface area contributed by atoms with Crippen LogP contribution in [-0.2, 0) is 9.59 Å². The summed E-state index contributed by atoms with van der Waals surface area (Å²) in [4.78, 5) is 53.8. The van der Waals surface area contributed by atoms with E-state index in [1.165, 1.54) is 48.7 Å². The van der Waals surface area contributed by atoms with Gasteiger partial charge in [-0.1, -0.05) is 49.9 Å². The molecule has 0 atom stereocenters. The Morgan fingerprint density at radius 2 is 1.34 bits per heavy atom. The maximum absolute atomic E-state index is 13.0. The van der Waals surface area contributed by atoms with Gasteiger partial charge in [0.25, 0.3) is 11.8 Å². The number of ether oxygens (including phenoxy) is 2. The normalized spacial score (nSPS) is 13.8. The van der Waals surface area contributed by atoms with Gasteiger partial charge in [-0.2, -0.15) is 4.99 Å². The van der Waals surface area contributed by atoms with Crippen molar-refractivity contribution in [1.82, 2.24) is 4.90 Å². The molecule has 168 valence electrons. The molecule has 1 fully saturated rings. The van der Waals surface area contributed by atoms with Crippen LogP contribution in [0.5, 0.6) is 11.5 Å². The van der Waals surface area contributed by atoms with Gasteiger partial charge >= 0.3 is 11.9 Å². The Morgan fingerprint density at radius 1 is 0.844 bits per heavy atom. The van der Waals surface area contributed by atoms with Crippen molar-refractivity contribution in [2.24, 2.45) is 4.99 Å². The summed E-state index contributed by atoms with van der Waals surface area (Å²) in [6, 6.07) is 12.6. The van der Waals surface area contributed by atoms with Crippen molar-refractivity contribution in [2.75, 3.05) is 12.3 Å². The number of hydrogen-bond acceptors (Lipinski definition) is 7. The van der Waals surface area contributed by atoms with Gasteiger partial charge in [-0.15, -0.1) is 0 Å². The number of aliphatic imine (C=N–C) groups is 1. The molecule has 0 aliphatic carbocycles. The van der Waals surface area contributed by atoms with Crippen LogP contribution in [0.2, 0.25) is 0 Å². The van der Waals surface area contributed by atoms with Gasteiger partial charge in [0, 0.05) is 26.1 Å². The lowest BCUT2D eigenvalue weighted by molar-refractivity contribution is -0.132. The third-order valence-electron chi connectivity index (χ3n) is 3.96. The fourth-order valence-corrected chi connectivity index (χ4v) is 3.68. The van der Waals surface area contributed by atoms with Crippen molar-refractivity contribution in [1.29, 1.82) is 0 Å². The Kier molecular flexibility index (Phi) is 9.15. The van der Waals surface area contributed by atoms with Gasteiger partial charge in [0.2, 0.25) is 0 Å². The number of rotatable bonds is 4. The monoisotopic (exact) mass is 456 g/mol. The van der Waals surface area contributed by atoms with E-state index in [0.717, 1.165) is 0 Å². The quantitative estimate of drug-likeness (QED) is 0.507. The van der Waals surface area contributed by atoms with Gasteiger partial charge in [0.1, 0.15) is 11.5 Å². The van der Waals surface area contributed by atoms with E-state index in [1.807, 2.05) is 13.8 Å².